The first-order valence-electron chi connectivity index (χ1n) is 5.15. The van der Waals surface area contributed by atoms with Gasteiger partial charge in [-0.3, -0.25) is 9.48 Å². The monoisotopic (exact) mass is 234 g/mol. The molecule has 0 unspecified atom stereocenters. The molecular formula is C12H14N2OS. The predicted octanol–water partition coefficient (Wildman–Crippen LogP) is 2.52. The van der Waals surface area contributed by atoms with Crippen molar-refractivity contribution in [3.8, 4) is 0 Å². The van der Waals surface area contributed by atoms with E-state index in [1.54, 1.807) is 16.0 Å². The number of thiophene rings is 1. The van der Waals surface area contributed by atoms with Gasteiger partial charge in [-0.1, -0.05) is 0 Å². The molecule has 0 amide bonds. The Hall–Kier alpha value is -1.42. The Morgan fingerprint density at radius 2 is 2.25 bits per heavy atom. The third-order valence-corrected chi connectivity index (χ3v) is 3.74. The SMILES string of the molecule is Cc1cc(C(=O)Cc2ccn(C)n2)sc1C. The van der Waals surface area contributed by atoms with Gasteiger partial charge in [0.25, 0.3) is 0 Å². The van der Waals surface area contributed by atoms with Crippen molar-refractivity contribution in [2.24, 2.45) is 7.05 Å². The van der Waals surface area contributed by atoms with Crippen molar-refractivity contribution in [1.29, 1.82) is 0 Å². The van der Waals surface area contributed by atoms with E-state index in [1.807, 2.05) is 39.2 Å². The van der Waals surface area contributed by atoms with E-state index in [1.165, 1.54) is 10.4 Å². The van der Waals surface area contributed by atoms with Gasteiger partial charge in [0.05, 0.1) is 17.0 Å². The van der Waals surface area contributed by atoms with Crippen molar-refractivity contribution in [1.82, 2.24) is 9.78 Å². The summed E-state index contributed by atoms with van der Waals surface area (Å²) in [6.45, 7) is 4.07. The number of carbonyl (C=O) groups excluding carboxylic acids is 1. The molecule has 3 nitrogen and oxygen atoms in total. The lowest BCUT2D eigenvalue weighted by Gasteiger charge is -1.93. The van der Waals surface area contributed by atoms with Crippen molar-refractivity contribution in [2.45, 2.75) is 20.3 Å². The molecular weight excluding hydrogens is 220 g/mol. The van der Waals surface area contributed by atoms with E-state index in [0.29, 0.717) is 6.42 Å². The zero-order chi connectivity index (χ0) is 11.7. The van der Waals surface area contributed by atoms with Gasteiger partial charge in [-0.05, 0) is 31.5 Å². The fourth-order valence-corrected chi connectivity index (χ4v) is 2.49. The van der Waals surface area contributed by atoms with Crippen molar-refractivity contribution in [3.63, 3.8) is 0 Å². The van der Waals surface area contributed by atoms with Crippen LogP contribution in [0, 0.1) is 13.8 Å². The second kappa shape index (κ2) is 4.22. The highest BCUT2D eigenvalue weighted by Gasteiger charge is 2.12. The third kappa shape index (κ3) is 2.22. The second-order valence-electron chi connectivity index (χ2n) is 3.93. The summed E-state index contributed by atoms with van der Waals surface area (Å²) in [6, 6.07) is 3.84. The zero-order valence-corrected chi connectivity index (χ0v) is 10.5. The molecule has 0 aliphatic rings. The summed E-state index contributed by atoms with van der Waals surface area (Å²) < 4.78 is 1.72. The molecule has 2 aromatic rings. The average Bonchev–Trinajstić information content (AvgIpc) is 2.75. The molecule has 0 fully saturated rings. The molecule has 0 N–H and O–H groups in total. The van der Waals surface area contributed by atoms with Gasteiger partial charge >= 0.3 is 0 Å². The van der Waals surface area contributed by atoms with Crippen molar-refractivity contribution < 1.29 is 4.79 Å². The van der Waals surface area contributed by atoms with Gasteiger partial charge in [-0.15, -0.1) is 11.3 Å². The molecule has 0 radical (unpaired) electrons. The molecule has 2 heterocycles. The number of hydrogen-bond acceptors (Lipinski definition) is 3. The number of carbonyl (C=O) groups is 1. The van der Waals surface area contributed by atoms with Gasteiger partial charge in [0, 0.05) is 18.1 Å². The Morgan fingerprint density at radius 1 is 1.50 bits per heavy atom. The second-order valence-corrected chi connectivity index (χ2v) is 5.19. The van der Waals surface area contributed by atoms with Gasteiger partial charge in [0.1, 0.15) is 0 Å². The van der Waals surface area contributed by atoms with Crippen LogP contribution in [0.2, 0.25) is 0 Å². The summed E-state index contributed by atoms with van der Waals surface area (Å²) in [5, 5.41) is 4.21. The van der Waals surface area contributed by atoms with Crippen LogP contribution in [0.25, 0.3) is 0 Å². The van der Waals surface area contributed by atoms with Crippen LogP contribution < -0.4 is 0 Å². The molecule has 0 spiro atoms. The Balaban J connectivity index is 2.14. The van der Waals surface area contributed by atoms with Gasteiger partial charge < -0.3 is 0 Å². The number of Topliss-reactive ketones (excluding diaryl/α,β-unsaturated/α-hetero) is 1. The Kier molecular flexibility index (Phi) is 2.92. The third-order valence-electron chi connectivity index (χ3n) is 2.55. The average molecular weight is 234 g/mol. The maximum Gasteiger partial charge on any atom is 0.178 e. The normalized spacial score (nSPS) is 10.7. The van der Waals surface area contributed by atoms with Crippen LogP contribution in [-0.2, 0) is 13.5 Å². The predicted molar refractivity (Wildman–Crippen MR) is 65.0 cm³/mol. The largest absolute Gasteiger partial charge is 0.293 e. The molecule has 0 aliphatic carbocycles. The summed E-state index contributed by atoms with van der Waals surface area (Å²) in [5.41, 5.74) is 2.02. The fraction of sp³-hybridized carbons (Fsp3) is 0.333. The smallest absolute Gasteiger partial charge is 0.178 e. The van der Waals surface area contributed by atoms with Gasteiger partial charge in [-0.25, -0.2) is 0 Å². The van der Waals surface area contributed by atoms with E-state index in [9.17, 15) is 4.79 Å². The molecule has 0 aliphatic heterocycles. The summed E-state index contributed by atoms with van der Waals surface area (Å²) >= 11 is 1.56. The number of ketones is 1. The quantitative estimate of drug-likeness (QED) is 0.765. The Bertz CT molecular complexity index is 505. The summed E-state index contributed by atoms with van der Waals surface area (Å²) in [7, 11) is 1.85. The number of rotatable bonds is 3. The number of nitrogens with zero attached hydrogens (tertiary/aromatic N) is 2. The Morgan fingerprint density at radius 3 is 2.75 bits per heavy atom. The first-order valence-corrected chi connectivity index (χ1v) is 5.96. The summed E-state index contributed by atoms with van der Waals surface area (Å²) in [5.74, 6) is 0.153. The van der Waals surface area contributed by atoms with E-state index >= 15 is 0 Å². The highest BCUT2D eigenvalue weighted by molar-refractivity contribution is 7.14. The van der Waals surface area contributed by atoms with Crippen LogP contribution in [0.15, 0.2) is 18.3 Å². The summed E-state index contributed by atoms with van der Waals surface area (Å²) in [4.78, 5) is 14.0. The van der Waals surface area contributed by atoms with Crippen LogP contribution in [0.5, 0.6) is 0 Å². The lowest BCUT2D eigenvalue weighted by atomic mass is 10.2. The van der Waals surface area contributed by atoms with Crippen LogP contribution >= 0.6 is 11.3 Å². The molecule has 2 aromatic heterocycles. The fourth-order valence-electron chi connectivity index (χ4n) is 1.52. The molecule has 0 saturated heterocycles. The first-order chi connectivity index (χ1) is 7.56. The van der Waals surface area contributed by atoms with Crippen LogP contribution in [0.4, 0.5) is 0 Å². The maximum absolute atomic E-state index is 12.0. The molecule has 0 saturated carbocycles. The number of hydrogen-bond donors (Lipinski definition) is 0. The number of aryl methyl sites for hydroxylation is 3. The van der Waals surface area contributed by atoms with Gasteiger partial charge in [-0.2, -0.15) is 5.10 Å². The van der Waals surface area contributed by atoms with E-state index in [0.717, 1.165) is 10.6 Å². The van der Waals surface area contributed by atoms with Crippen molar-refractivity contribution in [2.75, 3.05) is 0 Å². The van der Waals surface area contributed by atoms with Crippen LogP contribution in [-0.4, -0.2) is 15.6 Å². The first kappa shape index (κ1) is 11.1. The van der Waals surface area contributed by atoms with Gasteiger partial charge in [0.15, 0.2) is 5.78 Å². The van der Waals surface area contributed by atoms with E-state index < -0.39 is 0 Å². The maximum atomic E-state index is 12.0. The van der Waals surface area contributed by atoms with Crippen molar-refractivity contribution in [3.05, 3.63) is 39.3 Å². The molecule has 0 aromatic carbocycles. The van der Waals surface area contributed by atoms with E-state index in [2.05, 4.69) is 5.10 Å². The minimum Gasteiger partial charge on any atom is -0.293 e. The van der Waals surface area contributed by atoms with E-state index in [4.69, 9.17) is 0 Å². The van der Waals surface area contributed by atoms with Crippen LogP contribution in [0.3, 0.4) is 0 Å². The highest BCUT2D eigenvalue weighted by Crippen LogP contribution is 2.21. The molecule has 0 bridgehead atoms. The minimum absolute atomic E-state index is 0.153. The summed E-state index contributed by atoms with van der Waals surface area (Å²) in [6.07, 6.45) is 2.24. The van der Waals surface area contributed by atoms with Crippen LogP contribution in [0.1, 0.15) is 25.8 Å². The van der Waals surface area contributed by atoms with Crippen molar-refractivity contribution >= 4 is 17.1 Å². The Labute approximate surface area is 98.7 Å². The molecule has 84 valence electrons. The van der Waals surface area contributed by atoms with E-state index in [-0.39, 0.29) is 5.78 Å². The minimum atomic E-state index is 0.153. The molecule has 4 heteroatoms. The molecule has 0 atom stereocenters. The molecule has 16 heavy (non-hydrogen) atoms. The topological polar surface area (TPSA) is 34.9 Å². The van der Waals surface area contributed by atoms with Gasteiger partial charge in [0.2, 0.25) is 0 Å². The zero-order valence-electron chi connectivity index (χ0n) is 9.65. The lowest BCUT2D eigenvalue weighted by molar-refractivity contribution is 0.0995. The lowest BCUT2D eigenvalue weighted by Crippen LogP contribution is -2.02. The molecule has 2 rings (SSSR count). The number of aromatic nitrogens is 2. The highest BCUT2D eigenvalue weighted by atomic mass is 32.1. The standard InChI is InChI=1S/C12H14N2OS/c1-8-6-12(16-9(8)2)11(15)7-10-4-5-14(3)13-10/h4-6H,7H2,1-3H3.